The summed E-state index contributed by atoms with van der Waals surface area (Å²) in [4.78, 5) is 15.6. The molecule has 1 amide bonds. The number of pyridine rings is 1. The van der Waals surface area contributed by atoms with E-state index in [1.165, 1.54) is 0 Å². The summed E-state index contributed by atoms with van der Waals surface area (Å²) in [5.74, 6) is 1.35. The summed E-state index contributed by atoms with van der Waals surface area (Å²) >= 11 is 0. The molecule has 2 atom stereocenters. The second-order valence-corrected chi connectivity index (χ2v) is 3.90. The number of anilines is 1. The van der Waals surface area contributed by atoms with Crippen molar-refractivity contribution in [2.75, 3.05) is 12.4 Å². The SMILES string of the molecule is COc1ccc(NC(=O)[C@H]2C[C@@H]2C)cn1. The van der Waals surface area contributed by atoms with E-state index < -0.39 is 0 Å². The van der Waals surface area contributed by atoms with Gasteiger partial charge in [-0.15, -0.1) is 0 Å². The molecule has 1 heterocycles. The number of nitrogens with zero attached hydrogens (tertiary/aromatic N) is 1. The van der Waals surface area contributed by atoms with Crippen LogP contribution in [0.5, 0.6) is 5.88 Å². The molecule has 2 rings (SSSR count). The summed E-state index contributed by atoms with van der Waals surface area (Å²) in [6.07, 6.45) is 2.60. The van der Waals surface area contributed by atoms with Crippen molar-refractivity contribution < 1.29 is 9.53 Å². The van der Waals surface area contributed by atoms with E-state index in [1.807, 2.05) is 0 Å². The minimum Gasteiger partial charge on any atom is -0.481 e. The van der Waals surface area contributed by atoms with Gasteiger partial charge >= 0.3 is 0 Å². The predicted molar refractivity (Wildman–Crippen MR) is 56.7 cm³/mol. The number of rotatable bonds is 3. The van der Waals surface area contributed by atoms with Gasteiger partial charge in [0, 0.05) is 12.0 Å². The first-order valence-corrected chi connectivity index (χ1v) is 5.01. The van der Waals surface area contributed by atoms with Crippen LogP contribution in [0.3, 0.4) is 0 Å². The Hall–Kier alpha value is -1.58. The molecule has 1 N–H and O–H groups in total. The summed E-state index contributed by atoms with van der Waals surface area (Å²) in [7, 11) is 1.56. The average molecular weight is 206 g/mol. The Bertz CT molecular complexity index is 361. The molecule has 4 heteroatoms. The van der Waals surface area contributed by atoms with Crippen molar-refractivity contribution in [3.05, 3.63) is 18.3 Å². The van der Waals surface area contributed by atoms with Gasteiger partial charge in [-0.2, -0.15) is 0 Å². The Morgan fingerprint density at radius 2 is 2.33 bits per heavy atom. The molecule has 0 saturated heterocycles. The summed E-state index contributed by atoms with van der Waals surface area (Å²) in [5, 5.41) is 2.83. The lowest BCUT2D eigenvalue weighted by molar-refractivity contribution is -0.117. The molecule has 0 radical (unpaired) electrons. The maximum Gasteiger partial charge on any atom is 0.227 e. The molecule has 0 unspecified atom stereocenters. The van der Waals surface area contributed by atoms with Crippen LogP contribution in [0.25, 0.3) is 0 Å². The van der Waals surface area contributed by atoms with Gasteiger partial charge in [0.2, 0.25) is 11.8 Å². The third-order valence-corrected chi connectivity index (χ3v) is 2.66. The van der Waals surface area contributed by atoms with Gasteiger partial charge in [-0.05, 0) is 18.4 Å². The largest absolute Gasteiger partial charge is 0.481 e. The van der Waals surface area contributed by atoms with Gasteiger partial charge in [-0.1, -0.05) is 6.92 Å². The highest BCUT2D eigenvalue weighted by Gasteiger charge is 2.39. The zero-order valence-electron chi connectivity index (χ0n) is 8.86. The van der Waals surface area contributed by atoms with Crippen LogP contribution >= 0.6 is 0 Å². The smallest absolute Gasteiger partial charge is 0.227 e. The maximum absolute atomic E-state index is 11.6. The Morgan fingerprint density at radius 1 is 1.60 bits per heavy atom. The fraction of sp³-hybridized carbons (Fsp3) is 0.455. The standard InChI is InChI=1S/C11H14N2O2/c1-7-5-9(7)11(14)13-8-3-4-10(15-2)12-6-8/h3-4,6-7,9H,5H2,1-2H3,(H,13,14)/t7-,9-/m0/s1. The van der Waals surface area contributed by atoms with E-state index in [0.717, 1.165) is 12.1 Å². The van der Waals surface area contributed by atoms with Crippen molar-refractivity contribution in [1.29, 1.82) is 0 Å². The average Bonchev–Trinajstić information content (AvgIpc) is 2.97. The number of hydrogen-bond donors (Lipinski definition) is 1. The van der Waals surface area contributed by atoms with E-state index in [4.69, 9.17) is 4.74 Å². The monoisotopic (exact) mass is 206 g/mol. The molecule has 4 nitrogen and oxygen atoms in total. The van der Waals surface area contributed by atoms with Crippen LogP contribution in [0.15, 0.2) is 18.3 Å². The number of carbonyl (C=O) groups excluding carboxylic acids is 1. The van der Waals surface area contributed by atoms with Crippen LogP contribution in [0.4, 0.5) is 5.69 Å². The number of aromatic nitrogens is 1. The highest BCUT2D eigenvalue weighted by Crippen LogP contribution is 2.38. The van der Waals surface area contributed by atoms with Crippen molar-refractivity contribution in [2.45, 2.75) is 13.3 Å². The first-order chi connectivity index (χ1) is 7.20. The number of methoxy groups -OCH3 is 1. The van der Waals surface area contributed by atoms with Gasteiger partial charge in [-0.25, -0.2) is 4.98 Å². The molecule has 0 spiro atoms. The van der Waals surface area contributed by atoms with Gasteiger partial charge in [-0.3, -0.25) is 4.79 Å². The maximum atomic E-state index is 11.6. The number of carbonyl (C=O) groups is 1. The number of ether oxygens (including phenoxy) is 1. The van der Waals surface area contributed by atoms with Gasteiger partial charge in [0.25, 0.3) is 0 Å². The minimum absolute atomic E-state index is 0.0921. The van der Waals surface area contributed by atoms with Gasteiger partial charge in [0.1, 0.15) is 0 Å². The molecule has 1 fully saturated rings. The third kappa shape index (κ3) is 2.26. The van der Waals surface area contributed by atoms with Crippen LogP contribution in [-0.4, -0.2) is 18.0 Å². The lowest BCUT2D eigenvalue weighted by Gasteiger charge is -2.04. The van der Waals surface area contributed by atoms with Crippen molar-refractivity contribution in [3.63, 3.8) is 0 Å². The highest BCUT2D eigenvalue weighted by atomic mass is 16.5. The Labute approximate surface area is 88.7 Å². The van der Waals surface area contributed by atoms with Crippen molar-refractivity contribution >= 4 is 11.6 Å². The van der Waals surface area contributed by atoms with Crippen LogP contribution < -0.4 is 10.1 Å². The Kier molecular flexibility index (Phi) is 2.58. The molecule has 1 saturated carbocycles. The van der Waals surface area contributed by atoms with Gasteiger partial charge < -0.3 is 10.1 Å². The molecule has 0 aromatic carbocycles. The topological polar surface area (TPSA) is 51.2 Å². The number of hydrogen-bond acceptors (Lipinski definition) is 3. The molecule has 1 aromatic rings. The van der Waals surface area contributed by atoms with Crippen LogP contribution in [0.1, 0.15) is 13.3 Å². The molecule has 1 aliphatic rings. The zero-order valence-corrected chi connectivity index (χ0v) is 8.86. The van der Waals surface area contributed by atoms with Crippen molar-refractivity contribution in [3.8, 4) is 5.88 Å². The van der Waals surface area contributed by atoms with Crippen molar-refractivity contribution in [1.82, 2.24) is 4.98 Å². The Balaban J connectivity index is 1.95. The van der Waals surface area contributed by atoms with E-state index in [1.54, 1.807) is 25.4 Å². The lowest BCUT2D eigenvalue weighted by atomic mass is 10.3. The molecule has 15 heavy (non-hydrogen) atoms. The summed E-state index contributed by atoms with van der Waals surface area (Å²) < 4.78 is 4.93. The van der Waals surface area contributed by atoms with E-state index in [2.05, 4.69) is 17.2 Å². The second kappa shape index (κ2) is 3.88. The van der Waals surface area contributed by atoms with E-state index >= 15 is 0 Å². The van der Waals surface area contributed by atoms with Crippen LogP contribution in [0, 0.1) is 11.8 Å². The summed E-state index contributed by atoms with van der Waals surface area (Å²) in [6.45, 7) is 2.08. The second-order valence-electron chi connectivity index (χ2n) is 3.90. The molecule has 1 aliphatic carbocycles. The first kappa shape index (κ1) is 9.96. The quantitative estimate of drug-likeness (QED) is 0.818. The number of nitrogens with one attached hydrogen (secondary N) is 1. The molecular weight excluding hydrogens is 192 g/mol. The minimum atomic E-state index is 0.0921. The first-order valence-electron chi connectivity index (χ1n) is 5.01. The molecule has 0 aliphatic heterocycles. The summed E-state index contributed by atoms with van der Waals surface area (Å²) in [5.41, 5.74) is 0.722. The summed E-state index contributed by atoms with van der Waals surface area (Å²) in [6, 6.07) is 3.52. The van der Waals surface area contributed by atoms with E-state index in [0.29, 0.717) is 11.8 Å². The molecule has 1 aromatic heterocycles. The van der Waals surface area contributed by atoms with E-state index in [-0.39, 0.29) is 11.8 Å². The number of amides is 1. The Morgan fingerprint density at radius 3 is 2.80 bits per heavy atom. The van der Waals surface area contributed by atoms with E-state index in [9.17, 15) is 4.79 Å². The molecular formula is C11H14N2O2. The van der Waals surface area contributed by atoms with Crippen LogP contribution in [-0.2, 0) is 4.79 Å². The van der Waals surface area contributed by atoms with Gasteiger partial charge in [0.15, 0.2) is 0 Å². The van der Waals surface area contributed by atoms with Gasteiger partial charge in [0.05, 0.1) is 19.0 Å². The zero-order chi connectivity index (χ0) is 10.8. The molecule has 0 bridgehead atoms. The van der Waals surface area contributed by atoms with Crippen LogP contribution in [0.2, 0.25) is 0 Å². The lowest BCUT2D eigenvalue weighted by Crippen LogP contribution is -2.14. The predicted octanol–water partition coefficient (Wildman–Crippen LogP) is 1.68. The normalized spacial score (nSPS) is 23.3. The highest BCUT2D eigenvalue weighted by molar-refractivity contribution is 5.94. The molecule has 80 valence electrons. The fourth-order valence-corrected chi connectivity index (χ4v) is 1.50. The fourth-order valence-electron chi connectivity index (χ4n) is 1.50. The third-order valence-electron chi connectivity index (χ3n) is 2.66. The van der Waals surface area contributed by atoms with Crippen molar-refractivity contribution in [2.24, 2.45) is 11.8 Å².